The minimum absolute atomic E-state index is 0.0822. The van der Waals surface area contributed by atoms with Gasteiger partial charge >= 0.3 is 0 Å². The van der Waals surface area contributed by atoms with Crippen molar-refractivity contribution in [1.29, 1.82) is 0 Å². The van der Waals surface area contributed by atoms with Gasteiger partial charge < -0.3 is 15.6 Å². The van der Waals surface area contributed by atoms with Crippen molar-refractivity contribution in [3.8, 4) is 11.5 Å². The van der Waals surface area contributed by atoms with Crippen molar-refractivity contribution >= 4 is 0 Å². The second kappa shape index (κ2) is 6.36. The monoisotopic (exact) mass is 257 g/mol. The van der Waals surface area contributed by atoms with E-state index in [0.29, 0.717) is 6.42 Å². The zero-order valence-corrected chi connectivity index (χ0v) is 11.0. The van der Waals surface area contributed by atoms with Gasteiger partial charge in [-0.05, 0) is 31.0 Å². The molecule has 0 aliphatic carbocycles. The van der Waals surface area contributed by atoms with Crippen LogP contribution < -0.4 is 10.5 Å². The lowest BCUT2D eigenvalue weighted by atomic mass is 10.1. The van der Waals surface area contributed by atoms with E-state index in [1.165, 1.54) is 0 Å². The third-order valence-corrected chi connectivity index (χ3v) is 2.98. The van der Waals surface area contributed by atoms with E-state index < -0.39 is 0 Å². The van der Waals surface area contributed by atoms with Crippen molar-refractivity contribution in [3.05, 3.63) is 59.7 Å². The Labute approximate surface area is 113 Å². The van der Waals surface area contributed by atoms with Gasteiger partial charge in [-0.3, -0.25) is 0 Å². The Morgan fingerprint density at radius 1 is 1.05 bits per heavy atom. The molecular formula is C16H19NO2. The van der Waals surface area contributed by atoms with Crippen molar-refractivity contribution in [2.45, 2.75) is 19.4 Å². The summed E-state index contributed by atoms with van der Waals surface area (Å²) >= 11 is 0. The Bertz CT molecular complexity index is 538. The molecule has 2 aromatic rings. The maximum atomic E-state index is 9.08. The first-order valence-electron chi connectivity index (χ1n) is 6.43. The van der Waals surface area contributed by atoms with Gasteiger partial charge in [0.2, 0.25) is 0 Å². The van der Waals surface area contributed by atoms with Gasteiger partial charge in [-0.1, -0.05) is 36.4 Å². The summed E-state index contributed by atoms with van der Waals surface area (Å²) in [4.78, 5) is 0. The number of benzene rings is 2. The molecule has 0 radical (unpaired) electrons. The number of hydrogen-bond donors (Lipinski definition) is 2. The lowest BCUT2D eigenvalue weighted by Gasteiger charge is -2.15. The molecule has 2 rings (SSSR count). The molecule has 0 bridgehead atoms. The summed E-state index contributed by atoms with van der Waals surface area (Å²) in [7, 11) is 0. The zero-order chi connectivity index (χ0) is 13.7. The first kappa shape index (κ1) is 13.6. The second-order valence-electron chi connectivity index (χ2n) is 4.51. The molecular weight excluding hydrogens is 238 g/mol. The van der Waals surface area contributed by atoms with Crippen molar-refractivity contribution in [3.63, 3.8) is 0 Å². The molecule has 0 saturated carbocycles. The summed E-state index contributed by atoms with van der Waals surface area (Å²) in [6.07, 6.45) is 0.580. The molecule has 0 amide bonds. The molecule has 3 nitrogen and oxygen atoms in total. The largest absolute Gasteiger partial charge is 0.457 e. The van der Waals surface area contributed by atoms with Crippen LogP contribution in [0.25, 0.3) is 0 Å². The van der Waals surface area contributed by atoms with Crippen molar-refractivity contribution < 1.29 is 9.84 Å². The third-order valence-electron chi connectivity index (χ3n) is 2.98. The van der Waals surface area contributed by atoms with Crippen molar-refractivity contribution in [2.24, 2.45) is 5.73 Å². The summed E-state index contributed by atoms with van der Waals surface area (Å²) in [6.45, 7) is 2.04. The molecule has 3 heteroatoms. The summed E-state index contributed by atoms with van der Waals surface area (Å²) in [5.41, 5.74) is 7.91. The van der Waals surface area contributed by atoms with Crippen molar-refractivity contribution in [2.75, 3.05) is 6.61 Å². The predicted octanol–water partition coefficient (Wildman–Crippen LogP) is 3.03. The van der Waals surface area contributed by atoms with Gasteiger partial charge in [0, 0.05) is 18.2 Å². The summed E-state index contributed by atoms with van der Waals surface area (Å²) in [6, 6.07) is 15.4. The Kier molecular flexibility index (Phi) is 4.55. The molecule has 0 spiro atoms. The molecule has 0 aromatic heterocycles. The number of aliphatic hydroxyl groups excluding tert-OH is 1. The normalized spacial score (nSPS) is 12.2. The Morgan fingerprint density at radius 3 is 2.37 bits per heavy atom. The van der Waals surface area contributed by atoms with Crippen LogP contribution in [0.5, 0.6) is 11.5 Å². The minimum Gasteiger partial charge on any atom is -0.457 e. The summed E-state index contributed by atoms with van der Waals surface area (Å²) in [5.74, 6) is 1.53. The molecule has 0 aliphatic heterocycles. The topological polar surface area (TPSA) is 55.5 Å². The number of nitrogens with two attached hydrogens (primary N) is 1. The number of hydrogen-bond acceptors (Lipinski definition) is 3. The van der Waals surface area contributed by atoms with Gasteiger partial charge in [0.05, 0.1) is 0 Å². The van der Waals surface area contributed by atoms with Crippen LogP contribution in [0.2, 0.25) is 0 Å². The molecule has 0 fully saturated rings. The minimum atomic E-state index is -0.0822. The lowest BCUT2D eigenvalue weighted by molar-refractivity contribution is 0.298. The molecule has 1 unspecified atom stereocenters. The van der Waals surface area contributed by atoms with Crippen LogP contribution in [-0.2, 0) is 6.42 Å². The maximum absolute atomic E-state index is 9.08. The average Bonchev–Trinajstić information content (AvgIpc) is 2.42. The molecule has 0 saturated heterocycles. The number of aliphatic hydroxyl groups is 1. The van der Waals surface area contributed by atoms with Gasteiger partial charge in [-0.15, -0.1) is 0 Å². The van der Waals surface area contributed by atoms with Gasteiger partial charge in [0.1, 0.15) is 11.5 Å². The van der Waals surface area contributed by atoms with Crippen LogP contribution >= 0.6 is 0 Å². The highest BCUT2D eigenvalue weighted by molar-refractivity contribution is 5.42. The molecule has 1 atom stereocenters. The highest BCUT2D eigenvalue weighted by Crippen LogP contribution is 2.30. The highest BCUT2D eigenvalue weighted by Gasteiger charge is 2.10. The van der Waals surface area contributed by atoms with Crippen LogP contribution in [0.3, 0.4) is 0 Å². The van der Waals surface area contributed by atoms with E-state index in [2.05, 4.69) is 0 Å². The second-order valence-corrected chi connectivity index (χ2v) is 4.51. The number of ether oxygens (including phenoxy) is 1. The number of para-hydroxylation sites is 2. The molecule has 0 heterocycles. The van der Waals surface area contributed by atoms with E-state index in [1.807, 2.05) is 55.5 Å². The maximum Gasteiger partial charge on any atom is 0.132 e. The van der Waals surface area contributed by atoms with Gasteiger partial charge in [-0.2, -0.15) is 0 Å². The van der Waals surface area contributed by atoms with Gasteiger partial charge in [0.15, 0.2) is 0 Å². The standard InChI is InChI=1S/C16H19NO2/c1-12(17)14-7-3-5-9-16(14)19-15-8-4-2-6-13(15)10-11-18/h2-9,12,18H,10-11,17H2,1H3. The Balaban J connectivity index is 2.31. The molecule has 3 N–H and O–H groups in total. The lowest BCUT2D eigenvalue weighted by Crippen LogP contribution is -2.06. The van der Waals surface area contributed by atoms with Crippen molar-refractivity contribution in [1.82, 2.24) is 0 Å². The third kappa shape index (κ3) is 3.34. The van der Waals surface area contributed by atoms with E-state index in [9.17, 15) is 0 Å². The Morgan fingerprint density at radius 2 is 1.68 bits per heavy atom. The van der Waals surface area contributed by atoms with Crippen LogP contribution in [-0.4, -0.2) is 11.7 Å². The van der Waals surface area contributed by atoms with Gasteiger partial charge in [0.25, 0.3) is 0 Å². The van der Waals surface area contributed by atoms with Crippen LogP contribution in [0.1, 0.15) is 24.1 Å². The fraction of sp³-hybridized carbons (Fsp3) is 0.250. The fourth-order valence-electron chi connectivity index (χ4n) is 2.00. The highest BCUT2D eigenvalue weighted by atomic mass is 16.5. The van der Waals surface area contributed by atoms with E-state index in [-0.39, 0.29) is 12.6 Å². The SMILES string of the molecule is CC(N)c1ccccc1Oc1ccccc1CCO. The molecule has 19 heavy (non-hydrogen) atoms. The molecule has 0 aliphatic rings. The zero-order valence-electron chi connectivity index (χ0n) is 11.0. The van der Waals surface area contributed by atoms with Crippen LogP contribution in [0.15, 0.2) is 48.5 Å². The Hall–Kier alpha value is -1.84. The number of rotatable bonds is 5. The molecule has 2 aromatic carbocycles. The van der Waals surface area contributed by atoms with Gasteiger partial charge in [-0.25, -0.2) is 0 Å². The van der Waals surface area contributed by atoms with E-state index in [4.69, 9.17) is 15.6 Å². The predicted molar refractivity (Wildman–Crippen MR) is 76.4 cm³/mol. The quantitative estimate of drug-likeness (QED) is 0.865. The fourth-order valence-corrected chi connectivity index (χ4v) is 2.00. The summed E-state index contributed by atoms with van der Waals surface area (Å²) < 4.78 is 5.96. The van der Waals surface area contributed by atoms with E-state index in [1.54, 1.807) is 0 Å². The van der Waals surface area contributed by atoms with E-state index in [0.717, 1.165) is 22.6 Å². The first-order valence-corrected chi connectivity index (χ1v) is 6.43. The summed E-state index contributed by atoms with van der Waals surface area (Å²) in [5, 5.41) is 9.08. The smallest absolute Gasteiger partial charge is 0.132 e. The van der Waals surface area contributed by atoms with Crippen LogP contribution in [0, 0.1) is 0 Å². The van der Waals surface area contributed by atoms with Crippen LogP contribution in [0.4, 0.5) is 0 Å². The average molecular weight is 257 g/mol. The van der Waals surface area contributed by atoms with E-state index >= 15 is 0 Å². The first-order chi connectivity index (χ1) is 9.22. The molecule has 100 valence electrons.